The average molecular weight is 455 g/mol. The van der Waals surface area contributed by atoms with Crippen molar-refractivity contribution < 1.29 is 18.7 Å². The SMILES string of the molecule is CCCCCOc1ccc(CN2C(=O)OC3(CCN(C)CC3)C2Cc2ccc(F)cc2)cc1. The maximum Gasteiger partial charge on any atom is 0.411 e. The van der Waals surface area contributed by atoms with Crippen LogP contribution in [0.25, 0.3) is 0 Å². The first-order chi connectivity index (χ1) is 16.0. The third-order valence-electron chi connectivity index (χ3n) is 6.98. The van der Waals surface area contributed by atoms with E-state index in [0.29, 0.717) is 13.0 Å². The number of unbranched alkanes of at least 4 members (excludes halogenated alkanes) is 2. The van der Waals surface area contributed by atoms with Gasteiger partial charge in [0.05, 0.1) is 12.6 Å². The summed E-state index contributed by atoms with van der Waals surface area (Å²) >= 11 is 0. The molecule has 1 atom stereocenters. The minimum Gasteiger partial charge on any atom is -0.494 e. The lowest BCUT2D eigenvalue weighted by Crippen LogP contribution is -2.52. The lowest BCUT2D eigenvalue weighted by Gasteiger charge is -2.40. The molecular weight excluding hydrogens is 419 g/mol. The molecule has 6 heteroatoms. The number of likely N-dealkylation sites (tertiary alicyclic amines) is 1. The van der Waals surface area contributed by atoms with Crippen molar-refractivity contribution in [3.05, 3.63) is 65.5 Å². The van der Waals surface area contributed by atoms with Gasteiger partial charge in [-0.05, 0) is 55.3 Å². The van der Waals surface area contributed by atoms with Crippen molar-refractivity contribution in [2.75, 3.05) is 26.7 Å². The van der Waals surface area contributed by atoms with Crippen LogP contribution in [0.4, 0.5) is 9.18 Å². The molecule has 4 rings (SSSR count). The van der Waals surface area contributed by atoms with E-state index in [1.807, 2.05) is 41.3 Å². The zero-order valence-electron chi connectivity index (χ0n) is 19.8. The van der Waals surface area contributed by atoms with Crippen LogP contribution in [-0.2, 0) is 17.7 Å². The predicted molar refractivity (Wildman–Crippen MR) is 127 cm³/mol. The fraction of sp³-hybridized carbons (Fsp3) is 0.519. The quantitative estimate of drug-likeness (QED) is 0.474. The Kier molecular flexibility index (Phi) is 7.53. The van der Waals surface area contributed by atoms with Gasteiger partial charge in [0.1, 0.15) is 17.2 Å². The predicted octanol–water partition coefficient (Wildman–Crippen LogP) is 5.42. The molecule has 1 spiro atoms. The number of nitrogens with zero attached hydrogens (tertiary/aromatic N) is 2. The van der Waals surface area contributed by atoms with Crippen LogP contribution in [0.1, 0.15) is 50.2 Å². The van der Waals surface area contributed by atoms with Crippen LogP contribution in [0.5, 0.6) is 5.75 Å². The van der Waals surface area contributed by atoms with E-state index in [1.165, 1.54) is 25.0 Å². The molecule has 5 nitrogen and oxygen atoms in total. The van der Waals surface area contributed by atoms with Gasteiger partial charge in [-0.3, -0.25) is 4.90 Å². The van der Waals surface area contributed by atoms with Crippen LogP contribution in [-0.4, -0.2) is 54.3 Å². The van der Waals surface area contributed by atoms with E-state index in [9.17, 15) is 9.18 Å². The maximum atomic E-state index is 13.5. The van der Waals surface area contributed by atoms with E-state index < -0.39 is 5.60 Å². The molecule has 0 bridgehead atoms. The molecule has 33 heavy (non-hydrogen) atoms. The zero-order valence-corrected chi connectivity index (χ0v) is 19.8. The van der Waals surface area contributed by atoms with E-state index in [0.717, 1.165) is 55.8 Å². The molecule has 2 fully saturated rings. The number of amides is 1. The first-order valence-electron chi connectivity index (χ1n) is 12.1. The highest BCUT2D eigenvalue weighted by atomic mass is 19.1. The van der Waals surface area contributed by atoms with Crippen molar-refractivity contribution in [3.8, 4) is 5.75 Å². The summed E-state index contributed by atoms with van der Waals surface area (Å²) in [5.74, 6) is 0.605. The second kappa shape index (κ2) is 10.6. The largest absolute Gasteiger partial charge is 0.494 e. The first kappa shape index (κ1) is 23.6. The molecule has 0 saturated carbocycles. The van der Waals surface area contributed by atoms with Gasteiger partial charge in [0.25, 0.3) is 0 Å². The highest BCUT2D eigenvalue weighted by molar-refractivity contribution is 5.72. The number of hydrogen-bond donors (Lipinski definition) is 0. The average Bonchev–Trinajstić information content (AvgIpc) is 3.06. The second-order valence-corrected chi connectivity index (χ2v) is 9.41. The zero-order chi connectivity index (χ0) is 23.3. The van der Waals surface area contributed by atoms with E-state index in [4.69, 9.17) is 9.47 Å². The summed E-state index contributed by atoms with van der Waals surface area (Å²) in [5, 5.41) is 0. The number of piperidine rings is 1. The first-order valence-corrected chi connectivity index (χ1v) is 12.1. The minimum atomic E-state index is -0.500. The van der Waals surface area contributed by atoms with Crippen LogP contribution in [0.3, 0.4) is 0 Å². The molecule has 2 aliphatic rings. The van der Waals surface area contributed by atoms with Gasteiger partial charge >= 0.3 is 6.09 Å². The topological polar surface area (TPSA) is 42.0 Å². The summed E-state index contributed by atoms with van der Waals surface area (Å²) in [6.07, 6.45) is 5.40. The molecule has 1 unspecified atom stereocenters. The van der Waals surface area contributed by atoms with Crippen molar-refractivity contribution in [1.29, 1.82) is 0 Å². The summed E-state index contributed by atoms with van der Waals surface area (Å²) < 4.78 is 25.4. The highest BCUT2D eigenvalue weighted by Crippen LogP contribution is 2.40. The molecule has 0 N–H and O–H groups in total. The van der Waals surface area contributed by atoms with Gasteiger partial charge in [-0.25, -0.2) is 9.18 Å². The van der Waals surface area contributed by atoms with Gasteiger partial charge in [-0.2, -0.15) is 0 Å². The minimum absolute atomic E-state index is 0.0888. The van der Waals surface area contributed by atoms with Gasteiger partial charge in [0, 0.05) is 32.5 Å². The van der Waals surface area contributed by atoms with Crippen molar-refractivity contribution in [2.45, 2.75) is 63.6 Å². The van der Waals surface area contributed by atoms with Gasteiger partial charge < -0.3 is 14.4 Å². The highest BCUT2D eigenvalue weighted by Gasteiger charge is 2.54. The van der Waals surface area contributed by atoms with Crippen molar-refractivity contribution >= 4 is 6.09 Å². The maximum absolute atomic E-state index is 13.5. The van der Waals surface area contributed by atoms with Crippen LogP contribution >= 0.6 is 0 Å². The number of rotatable bonds is 9. The van der Waals surface area contributed by atoms with Gasteiger partial charge in [-0.15, -0.1) is 0 Å². The Hall–Kier alpha value is -2.60. The van der Waals surface area contributed by atoms with E-state index in [2.05, 4.69) is 18.9 Å². The Bertz CT molecular complexity index is 908. The summed E-state index contributed by atoms with van der Waals surface area (Å²) in [4.78, 5) is 17.2. The number of hydrogen-bond acceptors (Lipinski definition) is 4. The molecule has 0 aromatic heterocycles. The molecule has 2 aromatic carbocycles. The summed E-state index contributed by atoms with van der Waals surface area (Å²) in [7, 11) is 2.10. The molecule has 0 radical (unpaired) electrons. The lowest BCUT2D eigenvalue weighted by molar-refractivity contribution is -0.0165. The van der Waals surface area contributed by atoms with Crippen molar-refractivity contribution in [1.82, 2.24) is 9.80 Å². The third kappa shape index (κ3) is 5.67. The summed E-state index contributed by atoms with van der Waals surface area (Å²) in [5.41, 5.74) is 1.56. The van der Waals surface area contributed by atoms with E-state index >= 15 is 0 Å². The Balaban J connectivity index is 1.49. The monoisotopic (exact) mass is 454 g/mol. The molecule has 2 heterocycles. The molecule has 178 valence electrons. The number of benzene rings is 2. The smallest absolute Gasteiger partial charge is 0.411 e. The van der Waals surface area contributed by atoms with Crippen molar-refractivity contribution in [3.63, 3.8) is 0 Å². The molecule has 2 saturated heterocycles. The van der Waals surface area contributed by atoms with Gasteiger partial charge in [0.2, 0.25) is 0 Å². The Morgan fingerprint density at radius 1 is 1.03 bits per heavy atom. The fourth-order valence-corrected chi connectivity index (χ4v) is 4.89. The van der Waals surface area contributed by atoms with Crippen LogP contribution in [0, 0.1) is 5.82 Å². The number of halogens is 1. The molecule has 0 aliphatic carbocycles. The van der Waals surface area contributed by atoms with Gasteiger partial charge in [-0.1, -0.05) is 44.0 Å². The van der Waals surface area contributed by atoms with E-state index in [-0.39, 0.29) is 18.0 Å². The third-order valence-corrected chi connectivity index (χ3v) is 6.98. The number of carbonyl (C=O) groups excluding carboxylic acids is 1. The lowest BCUT2D eigenvalue weighted by atomic mass is 9.81. The number of carbonyl (C=O) groups is 1. The molecule has 1 amide bonds. The van der Waals surface area contributed by atoms with Crippen LogP contribution in [0.15, 0.2) is 48.5 Å². The van der Waals surface area contributed by atoms with E-state index in [1.54, 1.807) is 0 Å². The standard InChI is InChI=1S/C27H35FN2O3/c1-3-4-5-18-32-24-12-8-22(9-13-24)20-30-25(19-21-6-10-23(28)11-7-21)27(33-26(30)31)14-16-29(2)17-15-27/h6-13,25H,3-5,14-20H2,1-2H3. The molecule has 2 aliphatic heterocycles. The second-order valence-electron chi connectivity index (χ2n) is 9.41. The number of ether oxygens (including phenoxy) is 2. The van der Waals surface area contributed by atoms with Crippen molar-refractivity contribution in [2.24, 2.45) is 0 Å². The molecule has 2 aromatic rings. The summed E-state index contributed by atoms with van der Waals surface area (Å²) in [6, 6.07) is 14.5. The fourth-order valence-electron chi connectivity index (χ4n) is 4.89. The normalized spacial score (nSPS) is 20.3. The Labute approximate surface area is 196 Å². The van der Waals surface area contributed by atoms with Crippen LogP contribution in [0.2, 0.25) is 0 Å². The van der Waals surface area contributed by atoms with Gasteiger partial charge in [0.15, 0.2) is 0 Å². The molecular formula is C27H35FN2O3. The summed E-state index contributed by atoms with van der Waals surface area (Å²) in [6.45, 7) is 5.17. The van der Waals surface area contributed by atoms with Crippen LogP contribution < -0.4 is 4.74 Å². The Morgan fingerprint density at radius 3 is 2.36 bits per heavy atom. The Morgan fingerprint density at radius 2 is 1.70 bits per heavy atom.